The lowest BCUT2D eigenvalue weighted by Gasteiger charge is -2.33. The molecule has 2 unspecified atom stereocenters. The summed E-state index contributed by atoms with van der Waals surface area (Å²) in [6, 6.07) is -0.0898. The minimum absolute atomic E-state index is 0.0898. The Balaban J connectivity index is 2.42. The van der Waals surface area contributed by atoms with Gasteiger partial charge < -0.3 is 15.7 Å². The maximum Gasteiger partial charge on any atom is 0.226 e. The Kier molecular flexibility index (Phi) is 4.54. The summed E-state index contributed by atoms with van der Waals surface area (Å²) in [6.07, 6.45) is 1.82. The zero-order valence-electron chi connectivity index (χ0n) is 9.65. The van der Waals surface area contributed by atoms with Crippen molar-refractivity contribution in [2.45, 2.75) is 32.7 Å². The number of hydrogen-bond acceptors (Lipinski definition) is 3. The molecule has 1 fully saturated rings. The fourth-order valence-corrected chi connectivity index (χ4v) is 1.85. The van der Waals surface area contributed by atoms with Crippen LogP contribution < -0.4 is 5.73 Å². The third-order valence-corrected chi connectivity index (χ3v) is 3.36. The third-order valence-electron chi connectivity index (χ3n) is 3.36. The lowest BCUT2D eigenvalue weighted by atomic mass is 9.95. The zero-order valence-corrected chi connectivity index (χ0v) is 9.65. The Morgan fingerprint density at radius 2 is 2.00 bits per heavy atom. The maximum atomic E-state index is 11.9. The third kappa shape index (κ3) is 3.18. The molecule has 0 aromatic rings. The molecule has 0 aromatic carbocycles. The number of rotatable bonds is 3. The number of aliphatic hydroxyl groups excluding tert-OH is 1. The van der Waals surface area contributed by atoms with Crippen molar-refractivity contribution < 1.29 is 9.90 Å². The van der Waals surface area contributed by atoms with E-state index in [-0.39, 0.29) is 24.5 Å². The molecule has 4 heteroatoms. The quantitative estimate of drug-likeness (QED) is 0.705. The van der Waals surface area contributed by atoms with E-state index in [1.165, 1.54) is 0 Å². The van der Waals surface area contributed by atoms with Gasteiger partial charge in [0.05, 0.1) is 5.92 Å². The number of nitrogens with zero attached hydrogens (tertiary/aromatic N) is 1. The zero-order chi connectivity index (χ0) is 11.4. The number of carbonyl (C=O) groups excluding carboxylic acids is 1. The van der Waals surface area contributed by atoms with Gasteiger partial charge in [-0.2, -0.15) is 0 Å². The van der Waals surface area contributed by atoms with E-state index >= 15 is 0 Å². The minimum atomic E-state index is -0.101. The highest BCUT2D eigenvalue weighted by Crippen LogP contribution is 2.18. The van der Waals surface area contributed by atoms with E-state index in [0.717, 1.165) is 25.9 Å². The number of hydrogen-bond donors (Lipinski definition) is 2. The van der Waals surface area contributed by atoms with Crippen LogP contribution in [0.15, 0.2) is 0 Å². The molecule has 15 heavy (non-hydrogen) atoms. The topological polar surface area (TPSA) is 66.6 Å². The van der Waals surface area contributed by atoms with Gasteiger partial charge in [0.25, 0.3) is 0 Å². The van der Waals surface area contributed by atoms with E-state index in [1.807, 2.05) is 18.7 Å². The van der Waals surface area contributed by atoms with Crippen LogP contribution in [-0.2, 0) is 4.79 Å². The lowest BCUT2D eigenvalue weighted by Crippen LogP contribution is -2.45. The van der Waals surface area contributed by atoms with Crippen molar-refractivity contribution >= 4 is 5.91 Å². The van der Waals surface area contributed by atoms with Gasteiger partial charge in [0.2, 0.25) is 5.91 Å². The Hall–Kier alpha value is -0.610. The summed E-state index contributed by atoms with van der Waals surface area (Å²) in [4.78, 5) is 13.8. The van der Waals surface area contributed by atoms with Crippen LogP contribution in [0.25, 0.3) is 0 Å². The number of piperidine rings is 1. The molecule has 88 valence electrons. The first kappa shape index (κ1) is 12.5. The van der Waals surface area contributed by atoms with Gasteiger partial charge in [-0.25, -0.2) is 0 Å². The van der Waals surface area contributed by atoms with Crippen molar-refractivity contribution in [2.24, 2.45) is 17.6 Å². The number of carbonyl (C=O) groups is 1. The number of amides is 1. The fourth-order valence-electron chi connectivity index (χ4n) is 1.85. The monoisotopic (exact) mass is 214 g/mol. The highest BCUT2D eigenvalue weighted by atomic mass is 16.3. The summed E-state index contributed by atoms with van der Waals surface area (Å²) in [7, 11) is 0. The van der Waals surface area contributed by atoms with E-state index in [0.29, 0.717) is 5.92 Å². The standard InChI is InChI=1S/C11H22N2O2/c1-8(9(2)12)11(15)13-5-3-10(7-14)4-6-13/h8-10,14H,3-7,12H2,1-2H3. The molecule has 1 aliphatic rings. The van der Waals surface area contributed by atoms with Crippen molar-refractivity contribution in [3.8, 4) is 0 Å². The number of aliphatic hydroxyl groups is 1. The Bertz CT molecular complexity index is 211. The second-order valence-corrected chi connectivity index (χ2v) is 4.60. The van der Waals surface area contributed by atoms with Crippen LogP contribution in [0.3, 0.4) is 0 Å². The average molecular weight is 214 g/mol. The number of likely N-dealkylation sites (tertiary alicyclic amines) is 1. The van der Waals surface area contributed by atoms with E-state index in [1.54, 1.807) is 0 Å². The van der Waals surface area contributed by atoms with Crippen LogP contribution in [-0.4, -0.2) is 41.7 Å². The first-order chi connectivity index (χ1) is 7.06. The van der Waals surface area contributed by atoms with Crippen LogP contribution in [0, 0.1) is 11.8 Å². The van der Waals surface area contributed by atoms with Crippen molar-refractivity contribution in [1.82, 2.24) is 4.90 Å². The average Bonchev–Trinajstić information content (AvgIpc) is 2.27. The summed E-state index contributed by atoms with van der Waals surface area (Å²) in [5.74, 6) is 0.428. The van der Waals surface area contributed by atoms with Crippen LogP contribution in [0.5, 0.6) is 0 Å². The van der Waals surface area contributed by atoms with Crippen molar-refractivity contribution in [1.29, 1.82) is 0 Å². The summed E-state index contributed by atoms with van der Waals surface area (Å²) in [5.41, 5.74) is 5.71. The first-order valence-electron chi connectivity index (χ1n) is 5.71. The van der Waals surface area contributed by atoms with Gasteiger partial charge in [0, 0.05) is 25.7 Å². The maximum absolute atomic E-state index is 11.9. The van der Waals surface area contributed by atoms with Gasteiger partial charge in [0.15, 0.2) is 0 Å². The molecule has 1 saturated heterocycles. The lowest BCUT2D eigenvalue weighted by molar-refractivity contribution is -0.137. The molecule has 3 N–H and O–H groups in total. The SMILES string of the molecule is CC(N)C(C)C(=O)N1CCC(CO)CC1. The molecular weight excluding hydrogens is 192 g/mol. The molecule has 0 saturated carbocycles. The normalized spacial score (nSPS) is 22.5. The predicted octanol–water partition coefficient (Wildman–Crippen LogP) is 0.201. The molecule has 0 spiro atoms. The number of nitrogens with two attached hydrogens (primary N) is 1. The second kappa shape index (κ2) is 5.47. The van der Waals surface area contributed by atoms with Crippen LogP contribution >= 0.6 is 0 Å². The van der Waals surface area contributed by atoms with Gasteiger partial charge in [-0.05, 0) is 25.7 Å². The highest BCUT2D eigenvalue weighted by Gasteiger charge is 2.27. The summed E-state index contributed by atoms with van der Waals surface area (Å²) in [6.45, 7) is 5.52. The molecule has 0 aliphatic carbocycles. The predicted molar refractivity (Wildman–Crippen MR) is 59.2 cm³/mol. The van der Waals surface area contributed by atoms with Gasteiger partial charge in [0.1, 0.15) is 0 Å². The van der Waals surface area contributed by atoms with Gasteiger partial charge in [-0.1, -0.05) is 6.92 Å². The Morgan fingerprint density at radius 3 is 2.40 bits per heavy atom. The summed E-state index contributed by atoms with van der Waals surface area (Å²) in [5, 5.41) is 8.99. The Labute approximate surface area is 91.4 Å². The van der Waals surface area contributed by atoms with Crippen molar-refractivity contribution in [2.75, 3.05) is 19.7 Å². The molecule has 1 amide bonds. The second-order valence-electron chi connectivity index (χ2n) is 4.60. The van der Waals surface area contributed by atoms with Gasteiger partial charge in [-0.15, -0.1) is 0 Å². The Morgan fingerprint density at radius 1 is 1.47 bits per heavy atom. The first-order valence-corrected chi connectivity index (χ1v) is 5.71. The molecule has 0 radical (unpaired) electrons. The van der Waals surface area contributed by atoms with Crippen LogP contribution in [0.4, 0.5) is 0 Å². The minimum Gasteiger partial charge on any atom is -0.396 e. The van der Waals surface area contributed by atoms with Crippen LogP contribution in [0.2, 0.25) is 0 Å². The summed E-state index contributed by atoms with van der Waals surface area (Å²) >= 11 is 0. The fraction of sp³-hybridized carbons (Fsp3) is 0.909. The molecule has 1 heterocycles. The van der Waals surface area contributed by atoms with Crippen LogP contribution in [0.1, 0.15) is 26.7 Å². The molecule has 2 atom stereocenters. The molecule has 4 nitrogen and oxygen atoms in total. The van der Waals surface area contributed by atoms with E-state index < -0.39 is 0 Å². The summed E-state index contributed by atoms with van der Waals surface area (Å²) < 4.78 is 0. The molecular formula is C11H22N2O2. The molecule has 0 bridgehead atoms. The largest absolute Gasteiger partial charge is 0.396 e. The van der Waals surface area contributed by atoms with Crippen molar-refractivity contribution in [3.05, 3.63) is 0 Å². The highest BCUT2D eigenvalue weighted by molar-refractivity contribution is 5.79. The van der Waals surface area contributed by atoms with E-state index in [2.05, 4.69) is 0 Å². The molecule has 0 aromatic heterocycles. The van der Waals surface area contributed by atoms with E-state index in [9.17, 15) is 4.79 Å². The van der Waals surface area contributed by atoms with Gasteiger partial charge in [-0.3, -0.25) is 4.79 Å². The smallest absolute Gasteiger partial charge is 0.226 e. The van der Waals surface area contributed by atoms with E-state index in [4.69, 9.17) is 10.8 Å². The molecule has 1 rings (SSSR count). The van der Waals surface area contributed by atoms with Gasteiger partial charge >= 0.3 is 0 Å². The van der Waals surface area contributed by atoms with Crippen molar-refractivity contribution in [3.63, 3.8) is 0 Å². The molecule has 1 aliphatic heterocycles.